The van der Waals surface area contributed by atoms with E-state index < -0.39 is 9.84 Å². The lowest BCUT2D eigenvalue weighted by Crippen LogP contribution is -2.47. The average Bonchev–Trinajstić information content (AvgIpc) is 2.98. The molecular formula is C20H30N2O4S. The zero-order valence-electron chi connectivity index (χ0n) is 16.7. The highest BCUT2D eigenvalue weighted by Gasteiger charge is 2.35. The van der Waals surface area contributed by atoms with Gasteiger partial charge in [0.2, 0.25) is 11.8 Å². The van der Waals surface area contributed by atoms with Crippen molar-refractivity contribution in [2.45, 2.75) is 53.0 Å². The van der Waals surface area contributed by atoms with Gasteiger partial charge in [-0.05, 0) is 37.3 Å². The van der Waals surface area contributed by atoms with E-state index in [1.54, 1.807) is 9.80 Å². The van der Waals surface area contributed by atoms with E-state index in [-0.39, 0.29) is 35.9 Å². The fourth-order valence-electron chi connectivity index (χ4n) is 3.80. The molecule has 0 aromatic heterocycles. The minimum Gasteiger partial charge on any atom is -0.337 e. The summed E-state index contributed by atoms with van der Waals surface area (Å²) in [7, 11) is -3.08. The number of anilines is 1. The molecule has 1 fully saturated rings. The summed E-state index contributed by atoms with van der Waals surface area (Å²) >= 11 is 0. The Balaban J connectivity index is 2.31. The lowest BCUT2D eigenvalue weighted by molar-refractivity contribution is -0.132. The molecule has 1 aromatic carbocycles. The minimum atomic E-state index is -3.08. The SMILES string of the molecule is CCc1cccc(CC)c1N(CC(=O)N(CC)C1CCS(=O)(=O)C1)C(C)=O. The summed E-state index contributed by atoms with van der Waals surface area (Å²) in [6, 6.07) is 5.64. The highest BCUT2D eigenvalue weighted by atomic mass is 32.2. The molecule has 0 aliphatic carbocycles. The number of hydrogen-bond donors (Lipinski definition) is 0. The Morgan fingerprint density at radius 2 is 1.70 bits per heavy atom. The van der Waals surface area contributed by atoms with Crippen molar-refractivity contribution in [2.75, 3.05) is 29.5 Å². The summed E-state index contributed by atoms with van der Waals surface area (Å²) in [5, 5.41) is 0. The molecule has 1 aliphatic heterocycles. The molecule has 1 heterocycles. The molecule has 0 N–H and O–H groups in total. The van der Waals surface area contributed by atoms with Crippen LogP contribution in [-0.4, -0.2) is 55.8 Å². The second-order valence-electron chi connectivity index (χ2n) is 6.97. The quantitative estimate of drug-likeness (QED) is 0.711. The topological polar surface area (TPSA) is 74.8 Å². The fourth-order valence-corrected chi connectivity index (χ4v) is 5.53. The van der Waals surface area contributed by atoms with Crippen LogP contribution >= 0.6 is 0 Å². The molecule has 1 aliphatic rings. The molecular weight excluding hydrogens is 364 g/mol. The van der Waals surface area contributed by atoms with Gasteiger partial charge < -0.3 is 9.80 Å². The Labute approximate surface area is 162 Å². The standard InChI is InChI=1S/C20H30N2O4S/c1-5-16-9-8-10-17(6-2)20(16)22(15(4)23)13-19(24)21(7-3)18-11-12-27(25,26)14-18/h8-10,18H,5-7,11-14H2,1-4H3. The molecule has 0 bridgehead atoms. The Hall–Kier alpha value is -1.89. The smallest absolute Gasteiger partial charge is 0.242 e. The van der Waals surface area contributed by atoms with E-state index in [9.17, 15) is 18.0 Å². The number of aryl methyl sites for hydroxylation is 2. The summed E-state index contributed by atoms with van der Waals surface area (Å²) in [4.78, 5) is 28.6. The van der Waals surface area contributed by atoms with Crippen LogP contribution in [0.15, 0.2) is 18.2 Å². The predicted octanol–water partition coefficient (Wildman–Crippen LogP) is 2.20. The monoisotopic (exact) mass is 394 g/mol. The van der Waals surface area contributed by atoms with Crippen LogP contribution in [0.25, 0.3) is 0 Å². The van der Waals surface area contributed by atoms with Crippen LogP contribution in [0.2, 0.25) is 0 Å². The molecule has 27 heavy (non-hydrogen) atoms. The van der Waals surface area contributed by atoms with Crippen LogP contribution < -0.4 is 4.90 Å². The second-order valence-corrected chi connectivity index (χ2v) is 9.20. The van der Waals surface area contributed by atoms with Crippen LogP contribution in [-0.2, 0) is 32.3 Å². The van der Waals surface area contributed by atoms with Crippen molar-refractivity contribution in [3.05, 3.63) is 29.3 Å². The number of benzene rings is 1. The van der Waals surface area contributed by atoms with Gasteiger partial charge in [0.05, 0.1) is 17.2 Å². The third-order valence-corrected chi connectivity index (χ3v) is 6.97. The van der Waals surface area contributed by atoms with Gasteiger partial charge in [0.15, 0.2) is 9.84 Å². The largest absolute Gasteiger partial charge is 0.337 e. The van der Waals surface area contributed by atoms with Crippen LogP contribution in [0.5, 0.6) is 0 Å². The first-order chi connectivity index (χ1) is 12.7. The highest BCUT2D eigenvalue weighted by Crippen LogP contribution is 2.28. The number of carbonyl (C=O) groups excluding carboxylic acids is 2. The lowest BCUT2D eigenvalue weighted by atomic mass is 10.0. The molecule has 0 radical (unpaired) electrons. The van der Waals surface area contributed by atoms with E-state index in [1.807, 2.05) is 39.0 Å². The highest BCUT2D eigenvalue weighted by molar-refractivity contribution is 7.91. The fraction of sp³-hybridized carbons (Fsp3) is 0.600. The second kappa shape index (κ2) is 8.87. The van der Waals surface area contributed by atoms with Crippen molar-refractivity contribution in [3.8, 4) is 0 Å². The van der Waals surface area contributed by atoms with Crippen molar-refractivity contribution >= 4 is 27.3 Å². The first-order valence-electron chi connectivity index (χ1n) is 9.62. The Morgan fingerprint density at radius 3 is 2.11 bits per heavy atom. The minimum absolute atomic E-state index is 0.0123. The van der Waals surface area contributed by atoms with Gasteiger partial charge >= 0.3 is 0 Å². The normalized spacial score (nSPS) is 18.3. The summed E-state index contributed by atoms with van der Waals surface area (Å²) < 4.78 is 23.6. The molecule has 6 nitrogen and oxygen atoms in total. The van der Waals surface area contributed by atoms with Crippen molar-refractivity contribution in [1.82, 2.24) is 4.90 Å². The van der Waals surface area contributed by atoms with Gasteiger partial charge in [-0.1, -0.05) is 32.0 Å². The van der Waals surface area contributed by atoms with Crippen LogP contribution in [0.4, 0.5) is 5.69 Å². The number of likely N-dealkylation sites (N-methyl/N-ethyl adjacent to an activating group) is 1. The lowest BCUT2D eigenvalue weighted by Gasteiger charge is -2.31. The molecule has 1 saturated heterocycles. The first-order valence-corrected chi connectivity index (χ1v) is 11.4. The number of para-hydroxylation sites is 1. The van der Waals surface area contributed by atoms with Crippen LogP contribution in [0.3, 0.4) is 0 Å². The maximum Gasteiger partial charge on any atom is 0.242 e. The molecule has 1 atom stereocenters. The predicted molar refractivity (Wildman–Crippen MR) is 108 cm³/mol. The molecule has 0 saturated carbocycles. The molecule has 2 rings (SSSR count). The number of hydrogen-bond acceptors (Lipinski definition) is 4. The zero-order valence-corrected chi connectivity index (χ0v) is 17.5. The molecule has 1 aromatic rings. The third-order valence-electron chi connectivity index (χ3n) is 5.22. The number of nitrogens with zero attached hydrogens (tertiary/aromatic N) is 2. The van der Waals surface area contributed by atoms with Gasteiger partial charge in [-0.3, -0.25) is 9.59 Å². The van der Waals surface area contributed by atoms with E-state index in [0.29, 0.717) is 13.0 Å². The van der Waals surface area contributed by atoms with Crippen molar-refractivity contribution in [2.24, 2.45) is 0 Å². The molecule has 2 amide bonds. The van der Waals surface area contributed by atoms with Crippen LogP contribution in [0.1, 0.15) is 45.2 Å². The summed E-state index contributed by atoms with van der Waals surface area (Å²) in [5.41, 5.74) is 2.88. The van der Waals surface area contributed by atoms with Crippen molar-refractivity contribution in [3.63, 3.8) is 0 Å². The zero-order chi connectivity index (χ0) is 20.2. The molecule has 0 spiro atoms. The van der Waals surface area contributed by atoms with Gasteiger partial charge in [-0.15, -0.1) is 0 Å². The number of carbonyl (C=O) groups is 2. The van der Waals surface area contributed by atoms with E-state index in [0.717, 1.165) is 29.7 Å². The molecule has 7 heteroatoms. The summed E-state index contributed by atoms with van der Waals surface area (Å²) in [5.74, 6) is -0.258. The third kappa shape index (κ3) is 4.89. The van der Waals surface area contributed by atoms with Crippen LogP contribution in [0, 0.1) is 0 Å². The van der Waals surface area contributed by atoms with Crippen molar-refractivity contribution < 1.29 is 18.0 Å². The number of amides is 2. The summed E-state index contributed by atoms with van der Waals surface area (Å²) in [6.07, 6.45) is 1.99. The van der Waals surface area contributed by atoms with E-state index >= 15 is 0 Å². The Kier molecular flexibility index (Phi) is 7.03. The Bertz CT molecular complexity index is 782. The number of rotatable bonds is 7. The first kappa shape index (κ1) is 21.4. The van der Waals surface area contributed by atoms with Gasteiger partial charge in [-0.2, -0.15) is 0 Å². The maximum absolute atomic E-state index is 13.0. The van der Waals surface area contributed by atoms with Crippen molar-refractivity contribution in [1.29, 1.82) is 0 Å². The summed E-state index contributed by atoms with van der Waals surface area (Å²) in [6.45, 7) is 7.73. The van der Waals surface area contributed by atoms with Gasteiger partial charge in [-0.25, -0.2) is 8.42 Å². The van der Waals surface area contributed by atoms with E-state index in [4.69, 9.17) is 0 Å². The Morgan fingerprint density at radius 1 is 1.11 bits per heavy atom. The molecule has 150 valence electrons. The average molecular weight is 395 g/mol. The van der Waals surface area contributed by atoms with E-state index in [2.05, 4.69) is 0 Å². The number of sulfone groups is 1. The van der Waals surface area contributed by atoms with Gasteiger partial charge in [0, 0.05) is 19.5 Å². The maximum atomic E-state index is 13.0. The molecule has 1 unspecified atom stereocenters. The van der Waals surface area contributed by atoms with Gasteiger partial charge in [0.1, 0.15) is 6.54 Å². The van der Waals surface area contributed by atoms with E-state index in [1.165, 1.54) is 6.92 Å². The van der Waals surface area contributed by atoms with Gasteiger partial charge in [0.25, 0.3) is 0 Å².